The van der Waals surface area contributed by atoms with E-state index in [1.165, 1.54) is 5.56 Å². The molecule has 1 aromatic carbocycles. The third kappa shape index (κ3) is 2.33. The van der Waals surface area contributed by atoms with Gasteiger partial charge in [0.05, 0.1) is 13.3 Å². The first-order chi connectivity index (χ1) is 9.28. The average molecular weight is 318 g/mol. The summed E-state index contributed by atoms with van der Waals surface area (Å²) in [5.74, 6) is 1.68. The summed E-state index contributed by atoms with van der Waals surface area (Å²) < 4.78 is 8.27. The van der Waals surface area contributed by atoms with Crippen molar-refractivity contribution in [1.82, 2.24) is 14.6 Å². The Hall–Kier alpha value is -1.88. The number of hydrogen-bond donors (Lipinski definition) is 0. The van der Waals surface area contributed by atoms with Gasteiger partial charge in [0.1, 0.15) is 11.6 Å². The number of benzene rings is 1. The number of fused-ring (bicyclic) bond motifs is 1. The summed E-state index contributed by atoms with van der Waals surface area (Å²) in [6, 6.07) is 11.9. The van der Waals surface area contributed by atoms with Crippen LogP contribution >= 0.6 is 15.9 Å². The van der Waals surface area contributed by atoms with Crippen molar-refractivity contribution in [3.63, 3.8) is 0 Å². The normalized spacial score (nSPS) is 10.8. The van der Waals surface area contributed by atoms with Gasteiger partial charge in [0, 0.05) is 10.9 Å². The van der Waals surface area contributed by atoms with E-state index in [1.807, 2.05) is 40.9 Å². The van der Waals surface area contributed by atoms with Crippen LogP contribution in [-0.4, -0.2) is 21.7 Å². The molecule has 4 nitrogen and oxygen atoms in total. The van der Waals surface area contributed by atoms with E-state index in [9.17, 15) is 0 Å². The minimum Gasteiger partial charge on any atom is -0.495 e. The second-order valence-electron chi connectivity index (χ2n) is 4.18. The molecule has 2 aromatic heterocycles. The highest BCUT2D eigenvalue weighted by molar-refractivity contribution is 9.10. The van der Waals surface area contributed by atoms with Crippen LogP contribution in [0.2, 0.25) is 0 Å². The Labute approximate surface area is 119 Å². The molecule has 0 saturated carbocycles. The van der Waals surface area contributed by atoms with Crippen LogP contribution in [0.1, 0.15) is 11.4 Å². The van der Waals surface area contributed by atoms with Gasteiger partial charge in [-0.25, -0.2) is 0 Å². The highest BCUT2D eigenvalue weighted by Crippen LogP contribution is 2.20. The predicted molar refractivity (Wildman–Crippen MR) is 76.5 cm³/mol. The molecule has 0 bridgehead atoms. The fourth-order valence-electron chi connectivity index (χ4n) is 1.97. The molecule has 0 radical (unpaired) electrons. The van der Waals surface area contributed by atoms with Crippen molar-refractivity contribution >= 4 is 21.6 Å². The fraction of sp³-hybridized carbons (Fsp3) is 0.143. The van der Waals surface area contributed by atoms with Crippen LogP contribution in [0, 0.1) is 0 Å². The molecule has 0 fully saturated rings. The van der Waals surface area contributed by atoms with Gasteiger partial charge >= 0.3 is 0 Å². The van der Waals surface area contributed by atoms with Crippen molar-refractivity contribution < 1.29 is 4.74 Å². The maximum absolute atomic E-state index is 5.23. The number of ether oxygens (including phenoxy) is 1. The molecule has 19 heavy (non-hydrogen) atoms. The molecule has 0 unspecified atom stereocenters. The topological polar surface area (TPSA) is 39.4 Å². The fourth-order valence-corrected chi connectivity index (χ4v) is 2.40. The molecule has 0 aliphatic rings. The SMILES string of the molecule is COc1ccc2nnc(Cc3ccccc3Br)n2c1. The largest absolute Gasteiger partial charge is 0.495 e. The summed E-state index contributed by atoms with van der Waals surface area (Å²) in [7, 11) is 1.65. The Morgan fingerprint density at radius 1 is 1.16 bits per heavy atom. The molecule has 96 valence electrons. The van der Waals surface area contributed by atoms with Crippen molar-refractivity contribution in [3.05, 3.63) is 58.5 Å². The van der Waals surface area contributed by atoms with E-state index in [1.54, 1.807) is 7.11 Å². The molecule has 3 rings (SSSR count). The molecule has 0 saturated heterocycles. The number of hydrogen-bond acceptors (Lipinski definition) is 3. The van der Waals surface area contributed by atoms with E-state index in [0.29, 0.717) is 0 Å². The second kappa shape index (κ2) is 5.01. The van der Waals surface area contributed by atoms with Crippen LogP contribution in [0.25, 0.3) is 5.65 Å². The van der Waals surface area contributed by atoms with E-state index in [-0.39, 0.29) is 0 Å². The zero-order chi connectivity index (χ0) is 13.2. The van der Waals surface area contributed by atoms with Crippen LogP contribution in [-0.2, 0) is 6.42 Å². The van der Waals surface area contributed by atoms with Crippen LogP contribution in [0.4, 0.5) is 0 Å². The molecule has 0 aliphatic carbocycles. The van der Waals surface area contributed by atoms with E-state index >= 15 is 0 Å². The lowest BCUT2D eigenvalue weighted by atomic mass is 10.1. The standard InChI is InChI=1S/C14H12BrN3O/c1-19-11-6-7-13-16-17-14(18(13)9-11)8-10-4-2-3-5-12(10)15/h2-7,9H,8H2,1H3. The lowest BCUT2D eigenvalue weighted by molar-refractivity contribution is 0.412. The maximum atomic E-state index is 5.23. The van der Waals surface area contributed by atoms with Gasteiger partial charge in [-0.2, -0.15) is 0 Å². The summed E-state index contributed by atoms with van der Waals surface area (Å²) in [4.78, 5) is 0. The van der Waals surface area contributed by atoms with Gasteiger partial charge in [-0.1, -0.05) is 34.1 Å². The van der Waals surface area contributed by atoms with E-state index in [0.717, 1.165) is 28.1 Å². The minimum absolute atomic E-state index is 0.718. The first-order valence-corrected chi connectivity index (χ1v) is 6.68. The van der Waals surface area contributed by atoms with E-state index in [2.05, 4.69) is 32.2 Å². The number of rotatable bonds is 3. The van der Waals surface area contributed by atoms with E-state index in [4.69, 9.17) is 4.74 Å². The molecular weight excluding hydrogens is 306 g/mol. The minimum atomic E-state index is 0.718. The zero-order valence-corrected chi connectivity index (χ0v) is 12.0. The van der Waals surface area contributed by atoms with Crippen LogP contribution < -0.4 is 4.74 Å². The zero-order valence-electron chi connectivity index (χ0n) is 10.4. The van der Waals surface area contributed by atoms with Gasteiger partial charge in [0.25, 0.3) is 0 Å². The molecule has 0 amide bonds. The predicted octanol–water partition coefficient (Wildman–Crippen LogP) is 3.09. The summed E-state index contributed by atoms with van der Waals surface area (Å²) >= 11 is 3.55. The van der Waals surface area contributed by atoms with E-state index < -0.39 is 0 Å². The Morgan fingerprint density at radius 3 is 2.79 bits per heavy atom. The first kappa shape index (κ1) is 12.2. The number of nitrogens with zero attached hydrogens (tertiary/aromatic N) is 3. The molecule has 3 aromatic rings. The molecular formula is C14H12BrN3O. The average Bonchev–Trinajstić information content (AvgIpc) is 2.84. The van der Waals surface area contributed by atoms with Crippen LogP contribution in [0.5, 0.6) is 5.75 Å². The Morgan fingerprint density at radius 2 is 2.00 bits per heavy atom. The monoisotopic (exact) mass is 317 g/mol. The van der Waals surface area contributed by atoms with Crippen LogP contribution in [0.3, 0.4) is 0 Å². The Kier molecular flexibility index (Phi) is 3.21. The smallest absolute Gasteiger partial charge is 0.161 e. The molecule has 0 spiro atoms. The van der Waals surface area contributed by atoms with Gasteiger partial charge in [0.2, 0.25) is 0 Å². The van der Waals surface area contributed by atoms with Gasteiger partial charge < -0.3 is 4.74 Å². The maximum Gasteiger partial charge on any atom is 0.161 e. The van der Waals surface area contributed by atoms with Crippen molar-refractivity contribution in [3.8, 4) is 5.75 Å². The van der Waals surface area contributed by atoms with Crippen molar-refractivity contribution in [2.24, 2.45) is 0 Å². The third-order valence-corrected chi connectivity index (χ3v) is 3.76. The van der Waals surface area contributed by atoms with Crippen molar-refractivity contribution in [2.75, 3.05) is 7.11 Å². The molecule has 0 N–H and O–H groups in total. The summed E-state index contributed by atoms with van der Waals surface area (Å²) in [5, 5.41) is 8.41. The molecule has 5 heteroatoms. The molecule has 0 atom stereocenters. The Balaban J connectivity index is 2.03. The Bertz CT molecular complexity index is 724. The summed E-state index contributed by atoms with van der Waals surface area (Å²) in [6.07, 6.45) is 2.62. The number of halogens is 1. The molecule has 0 aliphatic heterocycles. The first-order valence-electron chi connectivity index (χ1n) is 5.89. The second-order valence-corrected chi connectivity index (χ2v) is 5.04. The van der Waals surface area contributed by atoms with Gasteiger partial charge in [-0.15, -0.1) is 10.2 Å². The number of pyridine rings is 1. The van der Waals surface area contributed by atoms with Crippen molar-refractivity contribution in [1.29, 1.82) is 0 Å². The van der Waals surface area contributed by atoms with Crippen LogP contribution in [0.15, 0.2) is 47.1 Å². The lowest BCUT2D eigenvalue weighted by Crippen LogP contribution is -1.98. The van der Waals surface area contributed by atoms with Crippen molar-refractivity contribution in [2.45, 2.75) is 6.42 Å². The summed E-state index contributed by atoms with van der Waals surface area (Å²) in [6.45, 7) is 0. The molecule has 2 heterocycles. The number of aromatic nitrogens is 3. The lowest BCUT2D eigenvalue weighted by Gasteiger charge is -2.04. The van der Waals surface area contributed by atoms with Gasteiger partial charge in [-0.3, -0.25) is 4.40 Å². The quantitative estimate of drug-likeness (QED) is 0.745. The van der Waals surface area contributed by atoms with Gasteiger partial charge in [0.15, 0.2) is 5.65 Å². The highest BCUT2D eigenvalue weighted by Gasteiger charge is 2.08. The van der Waals surface area contributed by atoms with Gasteiger partial charge in [-0.05, 0) is 23.8 Å². The summed E-state index contributed by atoms with van der Waals surface area (Å²) in [5.41, 5.74) is 2.00. The number of methoxy groups -OCH3 is 1. The highest BCUT2D eigenvalue weighted by atomic mass is 79.9. The third-order valence-electron chi connectivity index (χ3n) is 2.99.